The molecule has 3 rings (SSSR count). The number of rotatable bonds is 6. The lowest BCUT2D eigenvalue weighted by atomic mass is 10.2. The number of hydrogen-bond donors (Lipinski definition) is 2. The molecule has 0 aromatic carbocycles. The van der Waals surface area contributed by atoms with E-state index in [-0.39, 0.29) is 29.9 Å². The number of aliphatic imine (C=N–C) groups is 1. The summed E-state index contributed by atoms with van der Waals surface area (Å²) < 4.78 is 38.1. The zero-order valence-electron chi connectivity index (χ0n) is 16.6. The lowest BCUT2D eigenvalue weighted by Gasteiger charge is -2.25. The number of nitrogens with zero attached hydrogens (tertiary/aromatic N) is 5. The maximum absolute atomic E-state index is 12.7. The van der Waals surface area contributed by atoms with E-state index in [0.29, 0.717) is 19.1 Å². The van der Waals surface area contributed by atoms with Crippen LogP contribution in [0.15, 0.2) is 17.3 Å². The highest BCUT2D eigenvalue weighted by Crippen LogP contribution is 2.27. The van der Waals surface area contributed by atoms with Crippen LogP contribution in [0, 0.1) is 0 Å². The first kappa shape index (κ1) is 23.9. The second kappa shape index (κ2) is 11.1. The number of nitrogens with one attached hydrogen (secondary N) is 2. The van der Waals surface area contributed by atoms with Gasteiger partial charge in [0.15, 0.2) is 5.96 Å². The second-order valence-corrected chi connectivity index (χ2v) is 7.06. The fraction of sp³-hybridized carbons (Fsp3) is 0.722. The van der Waals surface area contributed by atoms with Crippen molar-refractivity contribution in [2.24, 2.45) is 4.99 Å². The summed E-state index contributed by atoms with van der Waals surface area (Å²) in [6, 6.07) is 1.44. The van der Waals surface area contributed by atoms with Crippen LogP contribution in [0.2, 0.25) is 0 Å². The van der Waals surface area contributed by atoms with E-state index in [0.717, 1.165) is 44.3 Å². The van der Waals surface area contributed by atoms with Crippen molar-refractivity contribution in [1.29, 1.82) is 0 Å². The summed E-state index contributed by atoms with van der Waals surface area (Å²) in [5, 5.41) is 6.13. The molecular formula is C18H29F3IN7. The monoisotopic (exact) mass is 527 g/mol. The smallest absolute Gasteiger partial charge is 0.357 e. The van der Waals surface area contributed by atoms with Crippen LogP contribution in [-0.2, 0) is 6.18 Å². The van der Waals surface area contributed by atoms with Crippen molar-refractivity contribution >= 4 is 35.9 Å². The third kappa shape index (κ3) is 6.83. The summed E-state index contributed by atoms with van der Waals surface area (Å²) in [4.78, 5) is 16.8. The molecule has 7 nitrogen and oxygen atoms in total. The lowest BCUT2D eigenvalue weighted by Crippen LogP contribution is -2.43. The van der Waals surface area contributed by atoms with E-state index in [2.05, 4.69) is 35.4 Å². The van der Waals surface area contributed by atoms with Crippen molar-refractivity contribution in [1.82, 2.24) is 25.1 Å². The minimum atomic E-state index is -4.47. The molecule has 11 heteroatoms. The molecule has 1 aromatic rings. The van der Waals surface area contributed by atoms with Crippen LogP contribution >= 0.6 is 24.0 Å². The molecule has 1 aromatic heterocycles. The zero-order valence-corrected chi connectivity index (χ0v) is 18.9. The van der Waals surface area contributed by atoms with Crippen LogP contribution in [0.1, 0.15) is 31.9 Å². The van der Waals surface area contributed by atoms with Gasteiger partial charge in [-0.2, -0.15) is 13.2 Å². The van der Waals surface area contributed by atoms with Crippen molar-refractivity contribution in [3.8, 4) is 0 Å². The molecule has 2 saturated heterocycles. The molecule has 2 aliphatic rings. The molecule has 0 bridgehead atoms. The van der Waals surface area contributed by atoms with Crippen LogP contribution in [-0.4, -0.2) is 77.6 Å². The van der Waals surface area contributed by atoms with E-state index >= 15 is 0 Å². The topological polar surface area (TPSA) is 68.7 Å². The minimum absolute atomic E-state index is 0. The van der Waals surface area contributed by atoms with Gasteiger partial charge in [0, 0.05) is 38.4 Å². The van der Waals surface area contributed by atoms with Crippen molar-refractivity contribution in [2.75, 3.05) is 51.1 Å². The Labute approximate surface area is 186 Å². The van der Waals surface area contributed by atoms with Crippen LogP contribution in [0.25, 0.3) is 0 Å². The first-order chi connectivity index (χ1) is 13.5. The number of alkyl halides is 3. The molecule has 2 N–H and O–H groups in total. The van der Waals surface area contributed by atoms with Gasteiger partial charge in [-0.05, 0) is 45.3 Å². The molecule has 3 heterocycles. The van der Waals surface area contributed by atoms with Gasteiger partial charge in [0.25, 0.3) is 0 Å². The minimum Gasteiger partial charge on any atom is -0.357 e. The molecule has 0 saturated carbocycles. The van der Waals surface area contributed by atoms with E-state index in [9.17, 15) is 13.2 Å². The number of guanidine groups is 1. The Morgan fingerprint density at radius 3 is 2.72 bits per heavy atom. The van der Waals surface area contributed by atoms with Gasteiger partial charge in [0.2, 0.25) is 5.95 Å². The van der Waals surface area contributed by atoms with Gasteiger partial charge >= 0.3 is 6.18 Å². The second-order valence-electron chi connectivity index (χ2n) is 7.06. The normalized spacial score (nSPS) is 20.6. The molecule has 0 spiro atoms. The van der Waals surface area contributed by atoms with Crippen molar-refractivity contribution in [3.05, 3.63) is 18.0 Å². The fourth-order valence-corrected chi connectivity index (χ4v) is 3.70. The summed E-state index contributed by atoms with van der Waals surface area (Å²) in [7, 11) is 0. The highest BCUT2D eigenvalue weighted by molar-refractivity contribution is 14.0. The third-order valence-corrected chi connectivity index (χ3v) is 5.06. The van der Waals surface area contributed by atoms with Gasteiger partial charge in [-0.1, -0.05) is 0 Å². The van der Waals surface area contributed by atoms with E-state index < -0.39 is 11.9 Å². The summed E-state index contributed by atoms with van der Waals surface area (Å²) in [5.74, 6) is 0.821. The van der Waals surface area contributed by atoms with Crippen LogP contribution in [0.5, 0.6) is 0 Å². The average Bonchev–Trinajstić information content (AvgIpc) is 3.35. The van der Waals surface area contributed by atoms with Crippen molar-refractivity contribution in [3.63, 3.8) is 0 Å². The highest BCUT2D eigenvalue weighted by atomic mass is 127. The summed E-state index contributed by atoms with van der Waals surface area (Å²) >= 11 is 0. The number of halogens is 4. The molecule has 0 radical (unpaired) electrons. The molecule has 2 aliphatic heterocycles. The van der Waals surface area contributed by atoms with E-state index in [1.807, 2.05) is 6.92 Å². The molecule has 0 amide bonds. The molecule has 1 unspecified atom stereocenters. The Kier molecular flexibility index (Phi) is 9.18. The predicted molar refractivity (Wildman–Crippen MR) is 118 cm³/mol. The first-order valence-electron chi connectivity index (χ1n) is 9.89. The Hall–Kier alpha value is -1.37. The largest absolute Gasteiger partial charge is 0.433 e. The highest BCUT2D eigenvalue weighted by Gasteiger charge is 2.33. The van der Waals surface area contributed by atoms with E-state index in [4.69, 9.17) is 0 Å². The molecule has 164 valence electrons. The summed E-state index contributed by atoms with van der Waals surface area (Å²) in [5.41, 5.74) is -0.952. The van der Waals surface area contributed by atoms with Gasteiger partial charge in [0.05, 0.1) is 6.54 Å². The maximum Gasteiger partial charge on any atom is 0.433 e. The zero-order chi connectivity index (χ0) is 20.0. The van der Waals surface area contributed by atoms with Gasteiger partial charge in [-0.3, -0.25) is 9.89 Å². The van der Waals surface area contributed by atoms with Gasteiger partial charge < -0.3 is 15.5 Å². The van der Waals surface area contributed by atoms with Crippen LogP contribution in [0.4, 0.5) is 19.1 Å². The van der Waals surface area contributed by atoms with Gasteiger partial charge in [0.1, 0.15) is 5.69 Å². The summed E-state index contributed by atoms with van der Waals surface area (Å²) in [6.45, 7) is 7.89. The average molecular weight is 527 g/mol. The van der Waals surface area contributed by atoms with Crippen molar-refractivity contribution in [2.45, 2.75) is 38.4 Å². The quantitative estimate of drug-likeness (QED) is 0.257. The lowest BCUT2D eigenvalue weighted by molar-refractivity contribution is -0.141. The van der Waals surface area contributed by atoms with Crippen LogP contribution < -0.4 is 10.6 Å². The predicted octanol–water partition coefficient (Wildman–Crippen LogP) is 2.66. The van der Waals surface area contributed by atoms with E-state index in [1.54, 1.807) is 0 Å². The molecule has 29 heavy (non-hydrogen) atoms. The SMILES string of the molecule is CCNC(=NCCNc1nccc(C(F)(F)F)n1)N1CCC(N2CCCC2)C1.I. The third-order valence-electron chi connectivity index (χ3n) is 5.06. The number of anilines is 1. The molecule has 1 atom stereocenters. The Morgan fingerprint density at radius 2 is 2.03 bits per heavy atom. The number of likely N-dealkylation sites (tertiary alicyclic amines) is 2. The molecule has 2 fully saturated rings. The Balaban J connectivity index is 0.00000300. The number of hydrogen-bond acceptors (Lipinski definition) is 5. The van der Waals surface area contributed by atoms with E-state index in [1.165, 1.54) is 25.9 Å². The fourth-order valence-electron chi connectivity index (χ4n) is 3.70. The molecular weight excluding hydrogens is 498 g/mol. The van der Waals surface area contributed by atoms with Crippen molar-refractivity contribution < 1.29 is 13.2 Å². The summed E-state index contributed by atoms with van der Waals surface area (Å²) in [6.07, 6.45) is 0.341. The first-order valence-corrected chi connectivity index (χ1v) is 9.89. The Morgan fingerprint density at radius 1 is 1.28 bits per heavy atom. The maximum atomic E-state index is 12.7. The standard InChI is InChI=1S/C18H28F3N7.HI/c1-2-22-17(28-12-6-14(13-28)27-10-3-4-11-27)25-9-8-24-16-23-7-5-15(26-16)18(19,20)21;/h5,7,14H,2-4,6,8-13H2,1H3,(H,22,25)(H,23,24,26);1H. The number of aromatic nitrogens is 2. The molecule has 0 aliphatic carbocycles. The Bertz CT molecular complexity index is 665. The van der Waals surface area contributed by atoms with Gasteiger partial charge in [-0.25, -0.2) is 9.97 Å². The van der Waals surface area contributed by atoms with Gasteiger partial charge in [-0.15, -0.1) is 24.0 Å². The van der Waals surface area contributed by atoms with Crippen LogP contribution in [0.3, 0.4) is 0 Å².